The molecule has 0 amide bonds. The second-order valence-electron chi connectivity index (χ2n) is 5.49. The van der Waals surface area contributed by atoms with Crippen molar-refractivity contribution in [2.45, 2.75) is 44.9 Å². The SMILES string of the molecule is CN(CCCC1CCCO1)Cc1ccccc1CN. The van der Waals surface area contributed by atoms with Gasteiger partial charge in [0.05, 0.1) is 6.10 Å². The van der Waals surface area contributed by atoms with Gasteiger partial charge in [-0.2, -0.15) is 0 Å². The molecule has 1 aromatic rings. The quantitative estimate of drug-likeness (QED) is 0.820. The molecule has 1 heterocycles. The van der Waals surface area contributed by atoms with Crippen LogP contribution in [-0.4, -0.2) is 31.2 Å². The van der Waals surface area contributed by atoms with Crippen molar-refractivity contribution >= 4 is 0 Å². The van der Waals surface area contributed by atoms with E-state index in [2.05, 4.69) is 36.2 Å². The highest BCUT2D eigenvalue weighted by Gasteiger charge is 2.15. The number of benzene rings is 1. The first kappa shape index (κ1) is 14.5. The Balaban J connectivity index is 1.72. The zero-order valence-electron chi connectivity index (χ0n) is 12.0. The molecule has 0 saturated carbocycles. The maximum atomic E-state index is 5.77. The van der Waals surface area contributed by atoms with Crippen LogP contribution in [0, 0.1) is 0 Å². The number of nitrogens with zero attached hydrogens (tertiary/aromatic N) is 1. The fourth-order valence-electron chi connectivity index (χ4n) is 2.74. The van der Waals surface area contributed by atoms with Crippen LogP contribution >= 0.6 is 0 Å². The second kappa shape index (κ2) is 7.63. The van der Waals surface area contributed by atoms with E-state index in [-0.39, 0.29) is 0 Å². The van der Waals surface area contributed by atoms with E-state index < -0.39 is 0 Å². The molecule has 2 N–H and O–H groups in total. The van der Waals surface area contributed by atoms with E-state index in [1.165, 1.54) is 36.8 Å². The van der Waals surface area contributed by atoms with E-state index in [9.17, 15) is 0 Å². The minimum absolute atomic E-state index is 0.518. The molecule has 0 aliphatic carbocycles. The van der Waals surface area contributed by atoms with Gasteiger partial charge < -0.3 is 15.4 Å². The van der Waals surface area contributed by atoms with Crippen LogP contribution in [0.2, 0.25) is 0 Å². The molecule has 19 heavy (non-hydrogen) atoms. The minimum atomic E-state index is 0.518. The van der Waals surface area contributed by atoms with Crippen LogP contribution in [0.25, 0.3) is 0 Å². The summed E-state index contributed by atoms with van der Waals surface area (Å²) in [5.74, 6) is 0. The van der Waals surface area contributed by atoms with Crippen molar-refractivity contribution in [2.75, 3.05) is 20.2 Å². The average Bonchev–Trinajstić information content (AvgIpc) is 2.92. The number of rotatable bonds is 7. The smallest absolute Gasteiger partial charge is 0.0576 e. The predicted molar refractivity (Wildman–Crippen MR) is 78.9 cm³/mol. The van der Waals surface area contributed by atoms with Gasteiger partial charge in [-0.3, -0.25) is 0 Å². The van der Waals surface area contributed by atoms with Crippen LogP contribution in [0.4, 0.5) is 0 Å². The minimum Gasteiger partial charge on any atom is -0.378 e. The summed E-state index contributed by atoms with van der Waals surface area (Å²) in [6.07, 6.45) is 5.42. The highest BCUT2D eigenvalue weighted by Crippen LogP contribution is 2.17. The van der Waals surface area contributed by atoms with Crippen molar-refractivity contribution in [1.82, 2.24) is 4.90 Å². The Bertz CT molecular complexity index is 375. The van der Waals surface area contributed by atoms with Gasteiger partial charge >= 0.3 is 0 Å². The lowest BCUT2D eigenvalue weighted by atomic mass is 10.1. The van der Waals surface area contributed by atoms with Crippen molar-refractivity contribution < 1.29 is 4.74 Å². The molecule has 0 bridgehead atoms. The van der Waals surface area contributed by atoms with Crippen LogP contribution in [-0.2, 0) is 17.8 Å². The highest BCUT2D eigenvalue weighted by molar-refractivity contribution is 5.26. The Morgan fingerprint density at radius 2 is 2.11 bits per heavy atom. The average molecular weight is 262 g/mol. The highest BCUT2D eigenvalue weighted by atomic mass is 16.5. The zero-order valence-corrected chi connectivity index (χ0v) is 12.0. The number of ether oxygens (including phenoxy) is 1. The van der Waals surface area contributed by atoms with Gasteiger partial charge in [-0.05, 0) is 50.4 Å². The Labute approximate surface area is 116 Å². The lowest BCUT2D eigenvalue weighted by Crippen LogP contribution is -2.21. The number of hydrogen-bond donors (Lipinski definition) is 1. The summed E-state index contributed by atoms with van der Waals surface area (Å²) in [4.78, 5) is 2.38. The second-order valence-corrected chi connectivity index (χ2v) is 5.49. The third-order valence-electron chi connectivity index (χ3n) is 3.87. The van der Waals surface area contributed by atoms with Gasteiger partial charge in [0.1, 0.15) is 0 Å². The molecule has 1 unspecified atom stereocenters. The van der Waals surface area contributed by atoms with Crippen LogP contribution in [0.3, 0.4) is 0 Å². The van der Waals surface area contributed by atoms with Crippen molar-refractivity contribution in [1.29, 1.82) is 0 Å². The summed E-state index contributed by atoms with van der Waals surface area (Å²) in [5, 5.41) is 0. The van der Waals surface area contributed by atoms with Gasteiger partial charge in [0.2, 0.25) is 0 Å². The Hall–Kier alpha value is -0.900. The summed E-state index contributed by atoms with van der Waals surface area (Å²) in [7, 11) is 2.18. The maximum absolute atomic E-state index is 5.77. The van der Waals surface area contributed by atoms with Crippen LogP contribution in [0.5, 0.6) is 0 Å². The molecule has 1 saturated heterocycles. The first-order chi connectivity index (χ1) is 9.29. The lowest BCUT2D eigenvalue weighted by molar-refractivity contribution is 0.0995. The Morgan fingerprint density at radius 1 is 1.32 bits per heavy atom. The van der Waals surface area contributed by atoms with E-state index in [0.29, 0.717) is 12.6 Å². The summed E-state index contributed by atoms with van der Waals surface area (Å²) in [6.45, 7) is 3.70. The standard InChI is InChI=1S/C16H26N2O/c1-18(10-4-8-16-9-5-11-19-16)13-15-7-3-2-6-14(15)12-17/h2-3,6-7,16H,4-5,8-13,17H2,1H3. The summed E-state index contributed by atoms with van der Waals surface area (Å²) < 4.78 is 5.65. The molecule has 2 rings (SSSR count). The Morgan fingerprint density at radius 3 is 2.79 bits per heavy atom. The van der Waals surface area contributed by atoms with Gasteiger partial charge in [0.15, 0.2) is 0 Å². The monoisotopic (exact) mass is 262 g/mol. The van der Waals surface area contributed by atoms with E-state index >= 15 is 0 Å². The molecule has 0 spiro atoms. The molecule has 106 valence electrons. The predicted octanol–water partition coefficient (Wildman–Crippen LogP) is 2.54. The van der Waals surface area contributed by atoms with Crippen LogP contribution in [0.1, 0.15) is 36.8 Å². The fourth-order valence-corrected chi connectivity index (χ4v) is 2.74. The number of hydrogen-bond acceptors (Lipinski definition) is 3. The van der Waals surface area contributed by atoms with Crippen molar-refractivity contribution in [3.05, 3.63) is 35.4 Å². The summed E-state index contributed by atoms with van der Waals surface area (Å²) in [5.41, 5.74) is 8.38. The van der Waals surface area contributed by atoms with Gasteiger partial charge in [-0.15, -0.1) is 0 Å². The van der Waals surface area contributed by atoms with Gasteiger partial charge in [-0.1, -0.05) is 24.3 Å². The topological polar surface area (TPSA) is 38.5 Å². The summed E-state index contributed by atoms with van der Waals surface area (Å²) >= 11 is 0. The molecule has 1 fully saturated rings. The fraction of sp³-hybridized carbons (Fsp3) is 0.625. The molecular weight excluding hydrogens is 236 g/mol. The van der Waals surface area contributed by atoms with Gasteiger partial charge in [0, 0.05) is 19.7 Å². The molecule has 1 aliphatic rings. The van der Waals surface area contributed by atoms with Gasteiger partial charge in [-0.25, -0.2) is 0 Å². The third-order valence-corrected chi connectivity index (χ3v) is 3.87. The van der Waals surface area contributed by atoms with E-state index in [0.717, 1.165) is 19.7 Å². The van der Waals surface area contributed by atoms with Crippen molar-refractivity contribution in [2.24, 2.45) is 5.73 Å². The Kier molecular flexibility index (Phi) is 5.83. The first-order valence-corrected chi connectivity index (χ1v) is 7.36. The van der Waals surface area contributed by atoms with E-state index in [1.807, 2.05) is 0 Å². The van der Waals surface area contributed by atoms with Crippen LogP contribution in [0.15, 0.2) is 24.3 Å². The molecule has 0 radical (unpaired) electrons. The van der Waals surface area contributed by atoms with Gasteiger partial charge in [0.25, 0.3) is 0 Å². The zero-order chi connectivity index (χ0) is 13.5. The van der Waals surface area contributed by atoms with Crippen molar-refractivity contribution in [3.63, 3.8) is 0 Å². The van der Waals surface area contributed by atoms with E-state index in [1.54, 1.807) is 0 Å². The molecule has 3 heteroatoms. The largest absolute Gasteiger partial charge is 0.378 e. The summed E-state index contributed by atoms with van der Waals surface area (Å²) in [6, 6.07) is 8.45. The number of nitrogens with two attached hydrogens (primary N) is 1. The molecule has 0 aromatic heterocycles. The normalized spacial score (nSPS) is 19.2. The van der Waals surface area contributed by atoms with E-state index in [4.69, 9.17) is 10.5 Å². The molecule has 3 nitrogen and oxygen atoms in total. The van der Waals surface area contributed by atoms with Crippen molar-refractivity contribution in [3.8, 4) is 0 Å². The maximum Gasteiger partial charge on any atom is 0.0576 e. The molecule has 1 aromatic carbocycles. The van der Waals surface area contributed by atoms with Crippen LogP contribution < -0.4 is 5.73 Å². The molecule has 1 aliphatic heterocycles. The first-order valence-electron chi connectivity index (χ1n) is 7.36. The third kappa shape index (κ3) is 4.60. The molecular formula is C16H26N2O. The molecule has 1 atom stereocenters. The lowest BCUT2D eigenvalue weighted by Gasteiger charge is -2.19.